The second-order valence-corrected chi connectivity index (χ2v) is 10.7. The molecule has 1 aliphatic rings. The minimum atomic E-state index is 0.0155. The first kappa shape index (κ1) is 26.1. The highest BCUT2D eigenvalue weighted by atomic mass is 16.5. The molecule has 0 aromatic heterocycles. The molecule has 0 aliphatic carbocycles. The van der Waals surface area contributed by atoms with Crippen LogP contribution in [0.25, 0.3) is 0 Å². The molecule has 2 atom stereocenters. The van der Waals surface area contributed by atoms with Crippen molar-refractivity contribution in [3.05, 3.63) is 59.7 Å². The molecule has 1 aliphatic heterocycles. The van der Waals surface area contributed by atoms with Crippen molar-refractivity contribution in [2.24, 2.45) is 17.8 Å². The normalized spacial score (nSPS) is 18.5. The minimum absolute atomic E-state index is 0.0155. The largest absolute Gasteiger partial charge is 0.497 e. The lowest BCUT2D eigenvalue weighted by atomic mass is 9.88. The summed E-state index contributed by atoms with van der Waals surface area (Å²) in [5, 5.41) is 0. The van der Waals surface area contributed by atoms with Gasteiger partial charge in [-0.1, -0.05) is 52.0 Å². The Hall–Kier alpha value is -2.53. The fraction of sp³-hybridized carbons (Fsp3) is 0.552. The first-order valence-corrected chi connectivity index (χ1v) is 12.6. The summed E-state index contributed by atoms with van der Waals surface area (Å²) in [6.07, 6.45) is 0. The molecule has 0 radical (unpaired) electrons. The maximum absolute atomic E-state index is 13.1. The van der Waals surface area contributed by atoms with Gasteiger partial charge in [0, 0.05) is 64.3 Å². The van der Waals surface area contributed by atoms with Gasteiger partial charge in [0.1, 0.15) is 5.75 Å². The Morgan fingerprint density at radius 2 is 1.76 bits per heavy atom. The summed E-state index contributed by atoms with van der Waals surface area (Å²) in [6, 6.07) is 17.3. The van der Waals surface area contributed by atoms with Crippen molar-refractivity contribution in [2.75, 3.05) is 52.3 Å². The van der Waals surface area contributed by atoms with E-state index in [4.69, 9.17) is 4.74 Å². The van der Waals surface area contributed by atoms with Gasteiger partial charge < -0.3 is 14.5 Å². The average Bonchev–Trinajstić information content (AvgIpc) is 3.20. The molecule has 0 unspecified atom stereocenters. The number of amides is 1. The minimum Gasteiger partial charge on any atom is -0.497 e. The van der Waals surface area contributed by atoms with Crippen molar-refractivity contribution in [2.45, 2.75) is 40.2 Å². The summed E-state index contributed by atoms with van der Waals surface area (Å²) in [6.45, 7) is 12.9. The van der Waals surface area contributed by atoms with Crippen LogP contribution in [0.3, 0.4) is 0 Å². The van der Waals surface area contributed by atoms with E-state index < -0.39 is 0 Å². The van der Waals surface area contributed by atoms with Crippen molar-refractivity contribution in [1.29, 1.82) is 0 Å². The molecule has 0 bridgehead atoms. The Bertz CT molecular complexity index is 923. The SMILES string of the molecule is COc1cccc([C@H]2CN(Cc3ccc(N(C)C)cc3)C[C@@H]2CN(CC(C)C)C(=O)C(C)C)c1. The zero-order valence-electron chi connectivity index (χ0n) is 22.1. The van der Waals surface area contributed by atoms with E-state index in [2.05, 4.69) is 85.1 Å². The van der Waals surface area contributed by atoms with E-state index in [9.17, 15) is 4.79 Å². The quantitative estimate of drug-likeness (QED) is 0.488. The van der Waals surface area contributed by atoms with Crippen molar-refractivity contribution < 1.29 is 9.53 Å². The number of carbonyl (C=O) groups is 1. The highest BCUT2D eigenvalue weighted by Crippen LogP contribution is 2.36. The summed E-state index contributed by atoms with van der Waals surface area (Å²) >= 11 is 0. The lowest BCUT2D eigenvalue weighted by Crippen LogP contribution is -2.41. The van der Waals surface area contributed by atoms with Crippen molar-refractivity contribution in [3.63, 3.8) is 0 Å². The van der Waals surface area contributed by atoms with Crippen molar-refractivity contribution >= 4 is 11.6 Å². The van der Waals surface area contributed by atoms with E-state index in [1.54, 1.807) is 7.11 Å². The van der Waals surface area contributed by atoms with Gasteiger partial charge in [0.05, 0.1) is 7.11 Å². The molecule has 34 heavy (non-hydrogen) atoms. The highest BCUT2D eigenvalue weighted by Gasteiger charge is 2.36. The molecule has 1 amide bonds. The van der Waals surface area contributed by atoms with Crippen LogP contribution in [-0.2, 0) is 11.3 Å². The maximum atomic E-state index is 13.1. The van der Waals surface area contributed by atoms with Gasteiger partial charge in [0.15, 0.2) is 0 Å². The van der Waals surface area contributed by atoms with E-state index in [0.717, 1.165) is 38.5 Å². The van der Waals surface area contributed by atoms with E-state index >= 15 is 0 Å². The van der Waals surface area contributed by atoms with E-state index in [1.807, 2.05) is 19.9 Å². The van der Waals surface area contributed by atoms with E-state index in [0.29, 0.717) is 17.8 Å². The third-order valence-electron chi connectivity index (χ3n) is 6.74. The van der Waals surface area contributed by atoms with E-state index in [-0.39, 0.29) is 11.8 Å². The third-order valence-corrected chi connectivity index (χ3v) is 6.74. The predicted octanol–water partition coefficient (Wildman–Crippen LogP) is 5.12. The van der Waals surface area contributed by atoms with Gasteiger partial charge in [-0.2, -0.15) is 0 Å². The van der Waals surface area contributed by atoms with Crippen LogP contribution in [0, 0.1) is 17.8 Å². The fourth-order valence-corrected chi connectivity index (χ4v) is 5.03. The number of carbonyl (C=O) groups excluding carboxylic acids is 1. The molecule has 2 aromatic rings. The van der Waals surface area contributed by atoms with Gasteiger partial charge in [-0.3, -0.25) is 9.69 Å². The average molecular weight is 466 g/mol. The number of ether oxygens (including phenoxy) is 1. The number of hydrogen-bond donors (Lipinski definition) is 0. The number of likely N-dealkylation sites (tertiary alicyclic amines) is 1. The Morgan fingerprint density at radius 3 is 2.35 bits per heavy atom. The number of methoxy groups -OCH3 is 1. The lowest BCUT2D eigenvalue weighted by Gasteiger charge is -2.31. The fourth-order valence-electron chi connectivity index (χ4n) is 5.03. The molecule has 1 heterocycles. The van der Waals surface area contributed by atoms with Crippen LogP contribution in [0.4, 0.5) is 5.69 Å². The lowest BCUT2D eigenvalue weighted by molar-refractivity contribution is -0.135. The zero-order valence-corrected chi connectivity index (χ0v) is 22.1. The molecule has 5 nitrogen and oxygen atoms in total. The van der Waals surface area contributed by atoms with Gasteiger partial charge >= 0.3 is 0 Å². The number of benzene rings is 2. The number of hydrogen-bond acceptors (Lipinski definition) is 4. The first-order chi connectivity index (χ1) is 16.2. The van der Waals surface area contributed by atoms with Gasteiger partial charge in [-0.05, 0) is 47.2 Å². The summed E-state index contributed by atoms with van der Waals surface area (Å²) in [5.41, 5.74) is 3.85. The van der Waals surface area contributed by atoms with Gasteiger partial charge in [0.2, 0.25) is 5.91 Å². The van der Waals surface area contributed by atoms with Crippen molar-refractivity contribution in [3.8, 4) is 5.75 Å². The molecule has 2 aromatic carbocycles. The van der Waals surface area contributed by atoms with Crippen molar-refractivity contribution in [1.82, 2.24) is 9.80 Å². The number of rotatable bonds is 10. The molecule has 186 valence electrons. The van der Waals surface area contributed by atoms with Crippen LogP contribution < -0.4 is 9.64 Å². The Labute approximate surface area is 206 Å². The Kier molecular flexibility index (Phi) is 9.01. The standard InChI is InChI=1S/C29H43N3O2/c1-21(2)16-32(29(33)22(3)4)19-25-18-31(17-23-11-13-26(14-12-23)30(5)6)20-28(25)24-9-8-10-27(15-24)34-7/h8-15,21-22,25,28H,16-20H2,1-7H3/t25-,28-/m1/s1. The second-order valence-electron chi connectivity index (χ2n) is 10.7. The summed E-state index contributed by atoms with van der Waals surface area (Å²) < 4.78 is 5.52. The smallest absolute Gasteiger partial charge is 0.225 e. The van der Waals surface area contributed by atoms with Crippen LogP contribution in [0.5, 0.6) is 5.75 Å². The maximum Gasteiger partial charge on any atom is 0.225 e. The molecular formula is C29H43N3O2. The van der Waals surface area contributed by atoms with Crippen LogP contribution in [0.15, 0.2) is 48.5 Å². The number of nitrogens with zero attached hydrogens (tertiary/aromatic N) is 3. The highest BCUT2D eigenvalue weighted by molar-refractivity contribution is 5.78. The Balaban J connectivity index is 1.83. The second kappa shape index (κ2) is 11.7. The monoisotopic (exact) mass is 465 g/mol. The van der Waals surface area contributed by atoms with Gasteiger partial charge in [0.25, 0.3) is 0 Å². The van der Waals surface area contributed by atoms with Crippen LogP contribution in [0.1, 0.15) is 44.7 Å². The topological polar surface area (TPSA) is 36.0 Å². The molecule has 0 saturated carbocycles. The Morgan fingerprint density at radius 1 is 1.06 bits per heavy atom. The molecule has 3 rings (SSSR count). The molecule has 1 saturated heterocycles. The molecule has 5 heteroatoms. The molecule has 0 spiro atoms. The summed E-state index contributed by atoms with van der Waals surface area (Å²) in [4.78, 5) is 19.8. The van der Waals surface area contributed by atoms with Gasteiger partial charge in [-0.25, -0.2) is 0 Å². The first-order valence-electron chi connectivity index (χ1n) is 12.6. The number of anilines is 1. The molecule has 0 N–H and O–H groups in total. The molecular weight excluding hydrogens is 422 g/mol. The van der Waals surface area contributed by atoms with E-state index in [1.165, 1.54) is 16.8 Å². The van der Waals surface area contributed by atoms with Gasteiger partial charge in [-0.15, -0.1) is 0 Å². The van der Waals surface area contributed by atoms with Crippen LogP contribution in [-0.4, -0.2) is 63.1 Å². The molecule has 1 fully saturated rings. The summed E-state index contributed by atoms with van der Waals surface area (Å²) in [7, 11) is 5.86. The van der Waals surface area contributed by atoms with Crippen LogP contribution >= 0.6 is 0 Å². The van der Waals surface area contributed by atoms with Crippen LogP contribution in [0.2, 0.25) is 0 Å². The zero-order chi connectivity index (χ0) is 24.8. The summed E-state index contributed by atoms with van der Waals surface area (Å²) in [5.74, 6) is 2.37. The predicted molar refractivity (Wildman–Crippen MR) is 142 cm³/mol. The third kappa shape index (κ3) is 6.75.